The Kier molecular flexibility index (Phi) is 8.61. The molecular formula is C21H29F3N4O4S. The van der Waals surface area contributed by atoms with Crippen LogP contribution in [0.25, 0.3) is 0 Å². The molecule has 0 spiro atoms. The van der Waals surface area contributed by atoms with Crippen LogP contribution in [-0.4, -0.2) is 51.1 Å². The van der Waals surface area contributed by atoms with E-state index in [1.165, 1.54) is 11.0 Å². The van der Waals surface area contributed by atoms with Gasteiger partial charge in [0, 0.05) is 13.0 Å². The minimum Gasteiger partial charge on any atom is -0.444 e. The molecule has 2 atom stereocenters. The molecule has 0 saturated carbocycles. The van der Waals surface area contributed by atoms with E-state index >= 15 is 0 Å². The average Bonchev–Trinajstić information content (AvgIpc) is 3.05. The van der Waals surface area contributed by atoms with Gasteiger partial charge in [0.2, 0.25) is 16.0 Å². The van der Waals surface area contributed by atoms with Crippen molar-refractivity contribution in [3.8, 4) is 0 Å². The van der Waals surface area contributed by atoms with Crippen molar-refractivity contribution in [1.82, 2.24) is 15.1 Å². The van der Waals surface area contributed by atoms with Gasteiger partial charge in [-0.25, -0.2) is 4.79 Å². The molecule has 1 saturated heterocycles. The maximum atomic E-state index is 12.8. The lowest BCUT2D eigenvalue weighted by Gasteiger charge is -2.40. The maximum Gasteiger partial charge on any atom is 0.445 e. The molecular weight excluding hydrogens is 461 g/mol. The molecule has 1 aliphatic heterocycles. The molecule has 0 radical (unpaired) electrons. The van der Waals surface area contributed by atoms with Gasteiger partial charge in [-0.2, -0.15) is 13.2 Å². The van der Waals surface area contributed by atoms with Gasteiger partial charge in [-0.1, -0.05) is 31.3 Å². The number of hydrogen-bond donors (Lipinski definition) is 1. The molecule has 33 heavy (non-hydrogen) atoms. The SMILES string of the molecule is CC(C)C[C@@H](/C=C/C(=O)Nc1nnc(C(F)(F)F)s1)CC(=O)[C@@H]1CCN1C(=O)OC(C)(C)C. The number of ketones is 1. The number of Topliss-reactive ketones (excluding diaryl/α,β-unsaturated/α-hetero) is 1. The number of rotatable bonds is 8. The average molecular weight is 491 g/mol. The van der Waals surface area contributed by atoms with E-state index < -0.39 is 34.8 Å². The van der Waals surface area contributed by atoms with Gasteiger partial charge in [0.05, 0.1) is 6.04 Å². The van der Waals surface area contributed by atoms with E-state index in [2.05, 4.69) is 15.5 Å². The molecule has 0 aliphatic carbocycles. The molecule has 0 bridgehead atoms. The first-order chi connectivity index (χ1) is 15.2. The van der Waals surface area contributed by atoms with E-state index in [-0.39, 0.29) is 40.5 Å². The summed E-state index contributed by atoms with van der Waals surface area (Å²) < 4.78 is 43.2. The van der Waals surface area contributed by atoms with Crippen molar-refractivity contribution in [1.29, 1.82) is 0 Å². The van der Waals surface area contributed by atoms with Crippen molar-refractivity contribution in [2.75, 3.05) is 11.9 Å². The van der Waals surface area contributed by atoms with Gasteiger partial charge in [-0.15, -0.1) is 10.2 Å². The summed E-state index contributed by atoms with van der Waals surface area (Å²) in [7, 11) is 0. The maximum absolute atomic E-state index is 12.8. The molecule has 12 heteroatoms. The van der Waals surface area contributed by atoms with Crippen LogP contribution >= 0.6 is 11.3 Å². The van der Waals surface area contributed by atoms with E-state index in [4.69, 9.17) is 4.74 Å². The lowest BCUT2D eigenvalue weighted by molar-refractivity contribution is -0.138. The van der Waals surface area contributed by atoms with E-state index in [9.17, 15) is 27.6 Å². The lowest BCUT2D eigenvalue weighted by Crippen LogP contribution is -2.56. The predicted octanol–water partition coefficient (Wildman–Crippen LogP) is 4.68. The number of anilines is 1. The molecule has 1 aromatic rings. The molecule has 1 N–H and O–H groups in total. The second-order valence-corrected chi connectivity index (χ2v) is 10.3. The number of amides is 2. The van der Waals surface area contributed by atoms with Gasteiger partial charge >= 0.3 is 12.3 Å². The van der Waals surface area contributed by atoms with Gasteiger partial charge in [0.1, 0.15) is 5.60 Å². The summed E-state index contributed by atoms with van der Waals surface area (Å²) in [6.45, 7) is 9.65. The number of carbonyl (C=O) groups excluding carboxylic acids is 3. The number of nitrogens with zero attached hydrogens (tertiary/aromatic N) is 3. The number of ether oxygens (including phenoxy) is 1. The minimum absolute atomic E-state index is 0.123. The first-order valence-electron chi connectivity index (χ1n) is 10.6. The number of hydrogen-bond acceptors (Lipinski definition) is 7. The highest BCUT2D eigenvalue weighted by atomic mass is 32.1. The molecule has 2 amide bonds. The Labute approximate surface area is 194 Å². The van der Waals surface area contributed by atoms with Crippen LogP contribution in [0.15, 0.2) is 12.2 Å². The van der Waals surface area contributed by atoms with E-state index in [0.29, 0.717) is 19.4 Å². The number of halogens is 3. The molecule has 1 aromatic heterocycles. The third kappa shape index (κ3) is 8.41. The summed E-state index contributed by atoms with van der Waals surface area (Å²) in [4.78, 5) is 38.6. The zero-order valence-corrected chi connectivity index (χ0v) is 20.0. The topological polar surface area (TPSA) is 101 Å². The number of nitrogens with one attached hydrogen (secondary N) is 1. The van der Waals surface area contributed by atoms with Crippen LogP contribution in [0.5, 0.6) is 0 Å². The Morgan fingerprint density at radius 1 is 1.24 bits per heavy atom. The van der Waals surface area contributed by atoms with Crippen molar-refractivity contribution in [2.45, 2.75) is 71.7 Å². The minimum atomic E-state index is -4.63. The summed E-state index contributed by atoms with van der Waals surface area (Å²) in [5, 5.41) is 7.16. The van der Waals surface area contributed by atoms with Crippen LogP contribution in [-0.2, 0) is 20.5 Å². The molecule has 0 unspecified atom stereocenters. The van der Waals surface area contributed by atoms with Gasteiger partial charge < -0.3 is 4.74 Å². The Balaban J connectivity index is 1.97. The number of carbonyl (C=O) groups is 3. The molecule has 184 valence electrons. The largest absolute Gasteiger partial charge is 0.445 e. The third-order valence-corrected chi connectivity index (χ3v) is 5.56. The standard InChI is InChI=1S/C21H29F3N4O4S/c1-12(2)10-13(6-7-16(30)25-18-27-26-17(33-18)21(22,23)24)11-15(29)14-8-9-28(14)19(31)32-20(3,4)5/h6-7,12-14H,8-11H2,1-5H3,(H,25,27,30)/b7-6+/t13-,14+/m1/s1. The van der Waals surface area contributed by atoms with E-state index in [1.54, 1.807) is 26.8 Å². The fourth-order valence-electron chi connectivity index (χ4n) is 3.25. The highest BCUT2D eigenvalue weighted by molar-refractivity contribution is 7.15. The monoisotopic (exact) mass is 490 g/mol. The van der Waals surface area contributed by atoms with Crippen LogP contribution < -0.4 is 5.32 Å². The van der Waals surface area contributed by atoms with Crippen molar-refractivity contribution < 1.29 is 32.3 Å². The molecule has 8 nitrogen and oxygen atoms in total. The molecule has 1 aliphatic rings. The van der Waals surface area contributed by atoms with Crippen molar-refractivity contribution in [2.24, 2.45) is 11.8 Å². The van der Waals surface area contributed by atoms with Crippen LogP contribution in [0.2, 0.25) is 0 Å². The zero-order valence-electron chi connectivity index (χ0n) is 19.2. The van der Waals surface area contributed by atoms with E-state index in [0.717, 1.165) is 0 Å². The fraction of sp³-hybridized carbons (Fsp3) is 0.667. The third-order valence-electron chi connectivity index (χ3n) is 4.67. The summed E-state index contributed by atoms with van der Waals surface area (Å²) in [5.74, 6) is -0.831. The number of allylic oxidation sites excluding steroid dienone is 1. The Hall–Kier alpha value is -2.50. The summed E-state index contributed by atoms with van der Waals surface area (Å²) >= 11 is 0.228. The molecule has 1 fully saturated rings. The van der Waals surface area contributed by atoms with Crippen LogP contribution in [0.4, 0.5) is 23.1 Å². The highest BCUT2D eigenvalue weighted by Gasteiger charge is 2.40. The van der Waals surface area contributed by atoms with E-state index in [1.807, 2.05) is 13.8 Å². The lowest BCUT2D eigenvalue weighted by atomic mass is 9.87. The van der Waals surface area contributed by atoms with Crippen molar-refractivity contribution >= 4 is 34.3 Å². The van der Waals surface area contributed by atoms with Crippen LogP contribution in [0.1, 0.15) is 58.9 Å². The predicted molar refractivity (Wildman–Crippen MR) is 117 cm³/mol. The molecule has 0 aromatic carbocycles. The summed E-state index contributed by atoms with van der Waals surface area (Å²) in [5.41, 5.74) is -0.662. The first kappa shape index (κ1) is 26.7. The highest BCUT2D eigenvalue weighted by Crippen LogP contribution is 2.33. The summed E-state index contributed by atoms with van der Waals surface area (Å²) in [6, 6.07) is -0.557. The zero-order chi connectivity index (χ0) is 25.0. The van der Waals surface area contributed by atoms with Gasteiger partial charge in [0.25, 0.3) is 0 Å². The molecule has 2 heterocycles. The Morgan fingerprint density at radius 2 is 1.91 bits per heavy atom. The van der Waals surface area contributed by atoms with Crippen molar-refractivity contribution in [3.63, 3.8) is 0 Å². The van der Waals surface area contributed by atoms with Crippen LogP contribution in [0.3, 0.4) is 0 Å². The molecule has 2 rings (SSSR count). The first-order valence-corrected chi connectivity index (χ1v) is 11.4. The van der Waals surface area contributed by atoms with Crippen LogP contribution in [0, 0.1) is 11.8 Å². The van der Waals surface area contributed by atoms with Crippen molar-refractivity contribution in [3.05, 3.63) is 17.2 Å². The second kappa shape index (κ2) is 10.6. The fourth-order valence-corrected chi connectivity index (χ4v) is 3.86. The number of aromatic nitrogens is 2. The number of alkyl halides is 3. The normalized spacial score (nSPS) is 17.7. The Morgan fingerprint density at radius 3 is 2.39 bits per heavy atom. The van der Waals surface area contributed by atoms with Gasteiger partial charge in [0.15, 0.2) is 5.78 Å². The van der Waals surface area contributed by atoms with Gasteiger partial charge in [-0.05, 0) is 51.5 Å². The summed E-state index contributed by atoms with van der Waals surface area (Å²) in [6.07, 6.45) is -1.12. The smallest absolute Gasteiger partial charge is 0.444 e. The van der Waals surface area contributed by atoms with Gasteiger partial charge in [-0.3, -0.25) is 19.8 Å². The number of likely N-dealkylation sites (tertiary alicyclic amines) is 1. The quantitative estimate of drug-likeness (QED) is 0.531. The second-order valence-electron chi connectivity index (χ2n) is 9.30. The Bertz CT molecular complexity index is 893.